The van der Waals surface area contributed by atoms with Crippen molar-refractivity contribution in [2.24, 2.45) is 0 Å². The van der Waals surface area contributed by atoms with Gasteiger partial charge in [0.15, 0.2) is 0 Å². The minimum absolute atomic E-state index is 0.0282. The van der Waals surface area contributed by atoms with Gasteiger partial charge in [0.1, 0.15) is 0 Å². The lowest BCUT2D eigenvalue weighted by molar-refractivity contribution is -0.143. The first-order valence-corrected chi connectivity index (χ1v) is 13.7. The van der Waals surface area contributed by atoms with Crippen LogP contribution in [0.4, 0.5) is 0 Å². The molecule has 184 valence electrons. The van der Waals surface area contributed by atoms with E-state index in [0.717, 1.165) is 31.9 Å². The fourth-order valence-electron chi connectivity index (χ4n) is 4.91. The number of carbonyl (C=O) groups is 2. The third-order valence-corrected chi connectivity index (χ3v) is 7.55. The largest absolute Gasteiger partial charge is 0.376 e. The second-order valence-corrected chi connectivity index (χ2v) is 11.2. The van der Waals surface area contributed by atoms with Gasteiger partial charge in [0.05, 0.1) is 31.6 Å². The highest BCUT2D eigenvalue weighted by molar-refractivity contribution is 7.88. The maximum atomic E-state index is 13.0. The van der Waals surface area contributed by atoms with E-state index in [4.69, 9.17) is 4.74 Å². The Bertz CT molecular complexity index is 900. The molecule has 1 aromatic rings. The molecule has 0 spiro atoms. The third kappa shape index (κ3) is 7.52. The number of sulfonamides is 1. The Balaban J connectivity index is 1.63. The SMILES string of the molecule is CC(=O)N(C)CC(=O)N1CCC[C@H](NS(C)(=O)=O)[C@@H]1CO[C@H]1CC[C@@H](c2ccccc2)CC1. The number of benzene rings is 1. The quantitative estimate of drug-likeness (QED) is 0.616. The van der Waals surface area contributed by atoms with Crippen LogP contribution in [0.25, 0.3) is 0 Å². The number of likely N-dealkylation sites (N-methyl/N-ethyl adjacent to an activating group) is 1. The lowest BCUT2D eigenvalue weighted by atomic mass is 9.83. The van der Waals surface area contributed by atoms with Crippen molar-refractivity contribution in [2.45, 2.75) is 69.6 Å². The number of hydrogen-bond acceptors (Lipinski definition) is 5. The average Bonchev–Trinajstić information content (AvgIpc) is 2.78. The number of ether oxygens (including phenoxy) is 1. The number of nitrogens with one attached hydrogen (secondary N) is 1. The van der Waals surface area contributed by atoms with Crippen molar-refractivity contribution in [3.05, 3.63) is 35.9 Å². The van der Waals surface area contributed by atoms with Crippen LogP contribution in [0, 0.1) is 0 Å². The average molecular weight is 480 g/mol. The van der Waals surface area contributed by atoms with Crippen LogP contribution in [0.5, 0.6) is 0 Å². The fraction of sp³-hybridized carbons (Fsp3) is 0.667. The first-order valence-electron chi connectivity index (χ1n) is 11.8. The monoisotopic (exact) mass is 479 g/mol. The van der Waals surface area contributed by atoms with Gasteiger partial charge in [-0.05, 0) is 50.0 Å². The molecule has 1 aliphatic carbocycles. The zero-order valence-corrected chi connectivity index (χ0v) is 20.7. The van der Waals surface area contributed by atoms with E-state index < -0.39 is 22.1 Å². The number of carbonyl (C=O) groups excluding carboxylic acids is 2. The molecular weight excluding hydrogens is 442 g/mol. The first-order chi connectivity index (χ1) is 15.6. The molecule has 1 aromatic carbocycles. The molecule has 2 fully saturated rings. The van der Waals surface area contributed by atoms with Crippen molar-refractivity contribution in [1.29, 1.82) is 0 Å². The number of hydrogen-bond donors (Lipinski definition) is 1. The van der Waals surface area contributed by atoms with Crippen molar-refractivity contribution in [3.8, 4) is 0 Å². The standard InChI is InChI=1S/C24H37N3O5S/c1-18(28)26(2)16-24(29)27-15-7-10-22(25-33(3,30)31)23(27)17-32-21-13-11-20(12-14-21)19-8-5-4-6-9-19/h4-6,8-9,20-23,25H,7,10-17H2,1-3H3/t20-,21+,22-,23-/m0/s1. The predicted molar refractivity (Wildman–Crippen MR) is 127 cm³/mol. The van der Waals surface area contributed by atoms with Crippen LogP contribution in [-0.4, -0.2) is 81.2 Å². The molecule has 3 rings (SSSR count). The summed E-state index contributed by atoms with van der Waals surface area (Å²) < 4.78 is 32.9. The molecule has 1 aliphatic heterocycles. The molecule has 1 saturated heterocycles. The predicted octanol–water partition coefficient (Wildman–Crippen LogP) is 2.12. The highest BCUT2D eigenvalue weighted by Gasteiger charge is 2.37. The molecule has 1 heterocycles. The van der Waals surface area contributed by atoms with Crippen LogP contribution in [0.15, 0.2) is 30.3 Å². The van der Waals surface area contributed by atoms with Crippen LogP contribution in [0.3, 0.4) is 0 Å². The van der Waals surface area contributed by atoms with Gasteiger partial charge in [-0.1, -0.05) is 30.3 Å². The molecule has 33 heavy (non-hydrogen) atoms. The molecule has 1 saturated carbocycles. The number of rotatable bonds is 8. The van der Waals surface area contributed by atoms with Crippen molar-refractivity contribution in [2.75, 3.05) is 33.0 Å². The van der Waals surface area contributed by atoms with Gasteiger partial charge in [-0.15, -0.1) is 0 Å². The van der Waals surface area contributed by atoms with Gasteiger partial charge in [0, 0.05) is 26.6 Å². The molecule has 8 nitrogen and oxygen atoms in total. The van der Waals surface area contributed by atoms with Crippen LogP contribution in [-0.2, 0) is 24.3 Å². The van der Waals surface area contributed by atoms with E-state index in [1.807, 2.05) is 6.07 Å². The second-order valence-electron chi connectivity index (χ2n) is 9.39. The van der Waals surface area contributed by atoms with Gasteiger partial charge in [-0.2, -0.15) is 0 Å². The summed E-state index contributed by atoms with van der Waals surface area (Å²) in [5.74, 6) is 0.170. The summed E-state index contributed by atoms with van der Waals surface area (Å²) >= 11 is 0. The summed E-state index contributed by atoms with van der Waals surface area (Å²) in [5.41, 5.74) is 1.37. The molecule has 2 aliphatic rings. The van der Waals surface area contributed by atoms with Crippen LogP contribution in [0.1, 0.15) is 56.9 Å². The van der Waals surface area contributed by atoms with Crippen molar-refractivity contribution < 1.29 is 22.7 Å². The highest BCUT2D eigenvalue weighted by atomic mass is 32.2. The Labute approximate surface area is 197 Å². The maximum absolute atomic E-state index is 13.0. The molecule has 9 heteroatoms. The lowest BCUT2D eigenvalue weighted by Crippen LogP contribution is -2.60. The molecule has 0 unspecified atom stereocenters. The van der Waals surface area contributed by atoms with Gasteiger partial charge >= 0.3 is 0 Å². The van der Waals surface area contributed by atoms with E-state index in [1.54, 1.807) is 11.9 Å². The number of nitrogens with zero attached hydrogens (tertiary/aromatic N) is 2. The Morgan fingerprint density at radius 1 is 1.12 bits per heavy atom. The Morgan fingerprint density at radius 3 is 2.39 bits per heavy atom. The van der Waals surface area contributed by atoms with Gasteiger partial charge in [-0.3, -0.25) is 9.59 Å². The van der Waals surface area contributed by atoms with Gasteiger partial charge in [-0.25, -0.2) is 13.1 Å². The van der Waals surface area contributed by atoms with Crippen LogP contribution < -0.4 is 4.72 Å². The maximum Gasteiger partial charge on any atom is 0.242 e. The highest BCUT2D eigenvalue weighted by Crippen LogP contribution is 2.34. The van der Waals surface area contributed by atoms with E-state index in [-0.39, 0.29) is 31.1 Å². The Kier molecular flexibility index (Phi) is 8.89. The Morgan fingerprint density at radius 2 is 1.79 bits per heavy atom. The number of likely N-dealkylation sites (tertiary alicyclic amines) is 1. The number of amides is 2. The van der Waals surface area contributed by atoms with E-state index in [9.17, 15) is 18.0 Å². The zero-order chi connectivity index (χ0) is 24.0. The summed E-state index contributed by atoms with van der Waals surface area (Å²) in [5, 5.41) is 0. The van der Waals surface area contributed by atoms with Crippen molar-refractivity contribution in [1.82, 2.24) is 14.5 Å². The van der Waals surface area contributed by atoms with Crippen LogP contribution in [0.2, 0.25) is 0 Å². The summed E-state index contributed by atoms with van der Waals surface area (Å²) in [6.07, 6.45) is 6.57. The minimum atomic E-state index is -3.43. The summed E-state index contributed by atoms with van der Waals surface area (Å²) in [6.45, 7) is 2.20. The third-order valence-electron chi connectivity index (χ3n) is 6.82. The Hall–Kier alpha value is -1.97. The van der Waals surface area contributed by atoms with Crippen molar-refractivity contribution >= 4 is 21.8 Å². The van der Waals surface area contributed by atoms with Crippen LogP contribution >= 0.6 is 0 Å². The summed E-state index contributed by atoms with van der Waals surface area (Å²) in [4.78, 5) is 27.6. The summed E-state index contributed by atoms with van der Waals surface area (Å²) in [7, 11) is -1.84. The normalized spacial score (nSPS) is 26.1. The molecule has 0 aromatic heterocycles. The smallest absolute Gasteiger partial charge is 0.242 e. The van der Waals surface area contributed by atoms with E-state index in [1.165, 1.54) is 17.4 Å². The zero-order valence-electron chi connectivity index (χ0n) is 19.9. The topological polar surface area (TPSA) is 96.0 Å². The van der Waals surface area contributed by atoms with E-state index >= 15 is 0 Å². The molecule has 2 atom stereocenters. The van der Waals surface area contributed by atoms with Crippen molar-refractivity contribution in [3.63, 3.8) is 0 Å². The van der Waals surface area contributed by atoms with Gasteiger partial charge in [0.2, 0.25) is 21.8 Å². The molecule has 2 amide bonds. The minimum Gasteiger partial charge on any atom is -0.376 e. The van der Waals surface area contributed by atoms with Gasteiger partial charge < -0.3 is 14.5 Å². The summed E-state index contributed by atoms with van der Waals surface area (Å²) in [6, 6.07) is 9.74. The first kappa shape index (κ1) is 25.6. The number of piperidine rings is 1. The molecule has 0 bridgehead atoms. The second kappa shape index (κ2) is 11.4. The molecule has 0 radical (unpaired) electrons. The van der Waals surface area contributed by atoms with E-state index in [0.29, 0.717) is 25.3 Å². The fourth-order valence-corrected chi connectivity index (χ4v) is 5.74. The lowest BCUT2D eigenvalue weighted by Gasteiger charge is -2.42. The molecule has 1 N–H and O–H groups in total. The van der Waals surface area contributed by atoms with Gasteiger partial charge in [0.25, 0.3) is 0 Å². The molecular formula is C24H37N3O5S. The van der Waals surface area contributed by atoms with E-state index in [2.05, 4.69) is 29.0 Å².